The number of carbonyl (C=O) groups excluding carboxylic acids is 1. The Kier molecular flexibility index (Phi) is 4.17. The Labute approximate surface area is 134 Å². The van der Waals surface area contributed by atoms with E-state index >= 15 is 0 Å². The highest BCUT2D eigenvalue weighted by Crippen LogP contribution is 2.19. The number of hydrogen-bond donors (Lipinski definition) is 1. The lowest BCUT2D eigenvalue weighted by Gasteiger charge is -2.03. The number of rotatable bonds is 3. The number of fused-ring (bicyclic) bond motifs is 1. The van der Waals surface area contributed by atoms with Gasteiger partial charge in [0.25, 0.3) is 0 Å². The first-order chi connectivity index (χ1) is 11.3. The zero-order valence-corrected chi connectivity index (χ0v) is 12.4. The van der Waals surface area contributed by atoms with Crippen molar-refractivity contribution in [2.75, 3.05) is 5.32 Å². The van der Waals surface area contributed by atoms with E-state index in [4.69, 9.17) is 5.26 Å². The fourth-order valence-electron chi connectivity index (χ4n) is 2.37. The number of anilines is 1. The van der Waals surface area contributed by atoms with Gasteiger partial charge in [0.1, 0.15) is 0 Å². The molecule has 3 aromatic carbocycles. The van der Waals surface area contributed by atoms with Crippen LogP contribution in [0.2, 0.25) is 0 Å². The van der Waals surface area contributed by atoms with Gasteiger partial charge in [0.15, 0.2) is 0 Å². The second-order valence-corrected chi connectivity index (χ2v) is 5.08. The summed E-state index contributed by atoms with van der Waals surface area (Å²) >= 11 is 0. The summed E-state index contributed by atoms with van der Waals surface area (Å²) in [5.41, 5.74) is 2.23. The maximum atomic E-state index is 12.0. The second-order valence-electron chi connectivity index (χ2n) is 5.08. The highest BCUT2D eigenvalue weighted by Gasteiger charge is 2.00. The van der Waals surface area contributed by atoms with Crippen LogP contribution in [0.15, 0.2) is 72.8 Å². The molecule has 0 radical (unpaired) electrons. The standard InChI is InChI=1S/C20H14N2O/c21-14-15-8-11-18(12-9-15)22-20(23)13-10-17-6-3-5-16-4-1-2-7-19(16)17/h1-13H,(H,22,23). The Morgan fingerprint density at radius 3 is 2.48 bits per heavy atom. The molecule has 3 heteroatoms. The van der Waals surface area contributed by atoms with E-state index in [1.165, 1.54) is 6.08 Å². The highest BCUT2D eigenvalue weighted by molar-refractivity contribution is 6.03. The summed E-state index contributed by atoms with van der Waals surface area (Å²) in [4.78, 5) is 12.0. The van der Waals surface area contributed by atoms with Crippen molar-refractivity contribution in [3.05, 3.63) is 83.9 Å². The molecule has 1 N–H and O–H groups in total. The number of amides is 1. The Morgan fingerprint density at radius 1 is 0.957 bits per heavy atom. The zero-order valence-electron chi connectivity index (χ0n) is 12.4. The van der Waals surface area contributed by atoms with E-state index in [0.717, 1.165) is 16.3 Å². The maximum Gasteiger partial charge on any atom is 0.248 e. The van der Waals surface area contributed by atoms with E-state index in [9.17, 15) is 4.79 Å². The molecule has 0 aromatic heterocycles. The van der Waals surface area contributed by atoms with Crippen LogP contribution >= 0.6 is 0 Å². The van der Waals surface area contributed by atoms with Crippen molar-refractivity contribution in [3.63, 3.8) is 0 Å². The smallest absolute Gasteiger partial charge is 0.248 e. The average molecular weight is 298 g/mol. The van der Waals surface area contributed by atoms with Crippen molar-refractivity contribution < 1.29 is 4.79 Å². The molecular weight excluding hydrogens is 284 g/mol. The van der Waals surface area contributed by atoms with Gasteiger partial charge in [0.2, 0.25) is 5.91 Å². The summed E-state index contributed by atoms with van der Waals surface area (Å²) < 4.78 is 0. The van der Waals surface area contributed by atoms with Crippen LogP contribution < -0.4 is 5.32 Å². The summed E-state index contributed by atoms with van der Waals surface area (Å²) in [6.45, 7) is 0. The van der Waals surface area contributed by atoms with E-state index in [1.54, 1.807) is 30.3 Å². The van der Waals surface area contributed by atoms with Gasteiger partial charge in [0.05, 0.1) is 11.6 Å². The zero-order chi connectivity index (χ0) is 16.1. The molecule has 0 aliphatic carbocycles. The lowest BCUT2D eigenvalue weighted by Crippen LogP contribution is -2.07. The predicted octanol–water partition coefficient (Wildman–Crippen LogP) is 4.36. The van der Waals surface area contributed by atoms with Crippen molar-refractivity contribution in [2.45, 2.75) is 0 Å². The molecule has 3 aromatic rings. The first kappa shape index (κ1) is 14.6. The molecule has 0 saturated heterocycles. The van der Waals surface area contributed by atoms with Crippen LogP contribution in [0.25, 0.3) is 16.8 Å². The van der Waals surface area contributed by atoms with Crippen LogP contribution in [0, 0.1) is 11.3 Å². The third kappa shape index (κ3) is 3.45. The fraction of sp³-hybridized carbons (Fsp3) is 0. The molecule has 0 aliphatic rings. The van der Waals surface area contributed by atoms with Crippen molar-refractivity contribution in [3.8, 4) is 6.07 Å². The van der Waals surface area contributed by atoms with Crippen LogP contribution in [-0.2, 0) is 4.79 Å². The van der Waals surface area contributed by atoms with Crippen molar-refractivity contribution in [1.82, 2.24) is 0 Å². The van der Waals surface area contributed by atoms with Crippen molar-refractivity contribution in [1.29, 1.82) is 5.26 Å². The SMILES string of the molecule is N#Cc1ccc(NC(=O)C=Cc2cccc3ccccc23)cc1. The Balaban J connectivity index is 1.76. The largest absolute Gasteiger partial charge is 0.323 e. The molecule has 0 unspecified atom stereocenters. The topological polar surface area (TPSA) is 52.9 Å². The van der Waals surface area contributed by atoms with Gasteiger partial charge in [-0.05, 0) is 46.7 Å². The van der Waals surface area contributed by atoms with Crippen LogP contribution in [0.4, 0.5) is 5.69 Å². The third-order valence-electron chi connectivity index (χ3n) is 3.52. The van der Waals surface area contributed by atoms with Crippen LogP contribution in [0.5, 0.6) is 0 Å². The summed E-state index contributed by atoms with van der Waals surface area (Å²) in [7, 11) is 0. The summed E-state index contributed by atoms with van der Waals surface area (Å²) in [6, 6.07) is 22.9. The summed E-state index contributed by atoms with van der Waals surface area (Å²) in [6.07, 6.45) is 3.32. The quantitative estimate of drug-likeness (QED) is 0.730. The van der Waals surface area contributed by atoms with Gasteiger partial charge < -0.3 is 5.32 Å². The predicted molar refractivity (Wildman–Crippen MR) is 92.8 cm³/mol. The normalized spacial score (nSPS) is 10.6. The van der Waals surface area contributed by atoms with E-state index in [0.29, 0.717) is 11.3 Å². The second kappa shape index (κ2) is 6.59. The van der Waals surface area contributed by atoms with Crippen molar-refractivity contribution in [2.24, 2.45) is 0 Å². The number of benzene rings is 3. The lowest BCUT2D eigenvalue weighted by atomic mass is 10.0. The molecule has 0 aliphatic heterocycles. The molecule has 1 amide bonds. The minimum absolute atomic E-state index is 0.206. The Bertz CT molecular complexity index is 913. The molecular formula is C20H14N2O. The summed E-state index contributed by atoms with van der Waals surface area (Å²) in [5.74, 6) is -0.206. The number of nitriles is 1. The molecule has 0 saturated carbocycles. The first-order valence-electron chi connectivity index (χ1n) is 7.23. The molecule has 0 atom stereocenters. The van der Waals surface area contributed by atoms with Crippen LogP contribution in [0.3, 0.4) is 0 Å². The average Bonchev–Trinajstić information content (AvgIpc) is 2.60. The number of hydrogen-bond acceptors (Lipinski definition) is 2. The Morgan fingerprint density at radius 2 is 1.70 bits per heavy atom. The molecule has 3 rings (SSSR count). The monoisotopic (exact) mass is 298 g/mol. The highest BCUT2D eigenvalue weighted by atomic mass is 16.1. The minimum Gasteiger partial charge on any atom is -0.323 e. The van der Waals surface area contributed by atoms with Gasteiger partial charge in [-0.15, -0.1) is 0 Å². The molecule has 23 heavy (non-hydrogen) atoms. The van der Waals surface area contributed by atoms with Gasteiger partial charge in [0, 0.05) is 11.8 Å². The first-order valence-corrected chi connectivity index (χ1v) is 7.23. The molecule has 0 spiro atoms. The molecule has 0 heterocycles. The van der Waals surface area contributed by atoms with Gasteiger partial charge >= 0.3 is 0 Å². The molecule has 0 bridgehead atoms. The van der Waals surface area contributed by atoms with Crippen molar-refractivity contribution >= 4 is 28.4 Å². The van der Waals surface area contributed by atoms with Gasteiger partial charge in [-0.25, -0.2) is 0 Å². The minimum atomic E-state index is -0.206. The fourth-order valence-corrected chi connectivity index (χ4v) is 2.37. The van der Waals surface area contributed by atoms with E-state index in [1.807, 2.05) is 48.5 Å². The molecule has 110 valence electrons. The van der Waals surface area contributed by atoms with E-state index < -0.39 is 0 Å². The summed E-state index contributed by atoms with van der Waals surface area (Å²) in [5, 5.41) is 13.8. The van der Waals surface area contributed by atoms with E-state index in [2.05, 4.69) is 5.32 Å². The van der Waals surface area contributed by atoms with Gasteiger partial charge in [-0.3, -0.25) is 4.79 Å². The maximum absolute atomic E-state index is 12.0. The number of carbonyl (C=O) groups is 1. The number of nitrogens with one attached hydrogen (secondary N) is 1. The molecule has 0 fully saturated rings. The van der Waals surface area contributed by atoms with Gasteiger partial charge in [-0.2, -0.15) is 5.26 Å². The number of nitrogens with zero attached hydrogens (tertiary/aromatic N) is 1. The van der Waals surface area contributed by atoms with E-state index in [-0.39, 0.29) is 5.91 Å². The van der Waals surface area contributed by atoms with Crippen LogP contribution in [0.1, 0.15) is 11.1 Å². The third-order valence-corrected chi connectivity index (χ3v) is 3.52. The Hall–Kier alpha value is -3.38. The molecule has 3 nitrogen and oxygen atoms in total. The lowest BCUT2D eigenvalue weighted by molar-refractivity contribution is -0.111. The van der Waals surface area contributed by atoms with Gasteiger partial charge in [-0.1, -0.05) is 42.5 Å². The van der Waals surface area contributed by atoms with Crippen LogP contribution in [-0.4, -0.2) is 5.91 Å².